The molecule has 2 aromatic rings. The van der Waals surface area contributed by atoms with Crippen LogP contribution in [0.3, 0.4) is 0 Å². The standard InChI is InChI=1S/C16H10Br2ClNO/c17-14-8-12(2-1-7-20)9-15(18)16(14)21-10-11-3-5-13(19)6-4-11/h1-6,8-9H,10H2. The largest absolute Gasteiger partial charge is 0.487 e. The summed E-state index contributed by atoms with van der Waals surface area (Å²) in [5.74, 6) is 0.721. The number of nitriles is 1. The Morgan fingerprint density at radius 2 is 1.76 bits per heavy atom. The maximum atomic E-state index is 8.56. The number of halogens is 3. The highest BCUT2D eigenvalue weighted by atomic mass is 79.9. The van der Waals surface area contributed by atoms with Gasteiger partial charge in [0.05, 0.1) is 15.0 Å². The van der Waals surface area contributed by atoms with Crippen molar-refractivity contribution in [2.75, 3.05) is 0 Å². The van der Waals surface area contributed by atoms with E-state index in [-0.39, 0.29) is 0 Å². The molecule has 0 heterocycles. The number of rotatable bonds is 4. The number of ether oxygens (including phenoxy) is 1. The van der Waals surface area contributed by atoms with E-state index in [1.807, 2.05) is 42.5 Å². The predicted octanol–water partition coefficient (Wildman–Crippen LogP) is 5.98. The molecule has 0 aliphatic heterocycles. The summed E-state index contributed by atoms with van der Waals surface area (Å²) in [6, 6.07) is 13.3. The van der Waals surface area contributed by atoms with Crippen molar-refractivity contribution in [3.63, 3.8) is 0 Å². The average molecular weight is 428 g/mol. The first-order valence-electron chi connectivity index (χ1n) is 6.02. The quantitative estimate of drug-likeness (QED) is 0.562. The van der Waals surface area contributed by atoms with E-state index in [9.17, 15) is 0 Å². The average Bonchev–Trinajstić information content (AvgIpc) is 2.46. The molecule has 2 nitrogen and oxygen atoms in total. The van der Waals surface area contributed by atoms with Gasteiger partial charge in [-0.25, -0.2) is 0 Å². The zero-order valence-electron chi connectivity index (χ0n) is 10.8. The van der Waals surface area contributed by atoms with Crippen molar-refractivity contribution in [1.82, 2.24) is 0 Å². The van der Waals surface area contributed by atoms with Crippen molar-refractivity contribution < 1.29 is 4.74 Å². The molecule has 0 atom stereocenters. The summed E-state index contributed by atoms with van der Waals surface area (Å²) in [6.45, 7) is 0.446. The van der Waals surface area contributed by atoms with Gasteiger partial charge in [-0.15, -0.1) is 0 Å². The Labute approximate surface area is 145 Å². The van der Waals surface area contributed by atoms with Crippen LogP contribution in [0.4, 0.5) is 0 Å². The molecule has 0 radical (unpaired) electrons. The number of hydrogen-bond donors (Lipinski definition) is 0. The van der Waals surface area contributed by atoms with Crippen molar-refractivity contribution in [3.05, 3.63) is 67.6 Å². The summed E-state index contributed by atoms with van der Waals surface area (Å²) in [5.41, 5.74) is 1.95. The monoisotopic (exact) mass is 425 g/mol. The molecule has 0 saturated carbocycles. The molecule has 5 heteroatoms. The fraction of sp³-hybridized carbons (Fsp3) is 0.0625. The summed E-state index contributed by atoms with van der Waals surface area (Å²) >= 11 is 12.8. The highest BCUT2D eigenvalue weighted by Crippen LogP contribution is 2.35. The lowest BCUT2D eigenvalue weighted by atomic mass is 10.2. The van der Waals surface area contributed by atoms with Crippen LogP contribution >= 0.6 is 43.5 Å². The molecule has 0 bridgehead atoms. The lowest BCUT2D eigenvalue weighted by Gasteiger charge is -2.11. The molecule has 0 fully saturated rings. The minimum absolute atomic E-state index is 0.446. The second-order valence-electron chi connectivity index (χ2n) is 4.19. The van der Waals surface area contributed by atoms with Crippen molar-refractivity contribution in [3.8, 4) is 11.8 Å². The Hall–Kier alpha value is -1.28. The van der Waals surface area contributed by atoms with Crippen molar-refractivity contribution in [2.24, 2.45) is 0 Å². The first kappa shape index (κ1) is 16.1. The fourth-order valence-corrected chi connectivity index (χ4v) is 3.26. The Kier molecular flexibility index (Phi) is 5.86. The molecule has 106 valence electrons. The third-order valence-electron chi connectivity index (χ3n) is 2.67. The Morgan fingerprint density at radius 3 is 2.33 bits per heavy atom. The maximum Gasteiger partial charge on any atom is 0.148 e. The molecule has 0 N–H and O–H groups in total. The van der Waals surface area contributed by atoms with E-state index < -0.39 is 0 Å². The number of allylic oxidation sites excluding steroid dienone is 1. The van der Waals surface area contributed by atoms with Crippen LogP contribution in [0.25, 0.3) is 6.08 Å². The molecule has 0 saturated heterocycles. The zero-order chi connectivity index (χ0) is 15.2. The Bertz CT molecular complexity index is 682. The number of nitrogens with zero attached hydrogens (tertiary/aromatic N) is 1. The molecule has 2 aromatic carbocycles. The number of benzene rings is 2. The molecule has 0 spiro atoms. The van der Waals surface area contributed by atoms with Crippen molar-refractivity contribution >= 4 is 49.5 Å². The summed E-state index contributed by atoms with van der Waals surface area (Å²) in [4.78, 5) is 0. The van der Waals surface area contributed by atoms with Gasteiger partial charge in [0, 0.05) is 11.1 Å². The minimum Gasteiger partial charge on any atom is -0.487 e. The molecule has 0 aliphatic rings. The van der Waals surface area contributed by atoms with Crippen LogP contribution in [0.5, 0.6) is 5.75 Å². The minimum atomic E-state index is 0.446. The third-order valence-corrected chi connectivity index (χ3v) is 4.10. The van der Waals surface area contributed by atoms with Gasteiger partial charge in [0.2, 0.25) is 0 Å². The molecule has 21 heavy (non-hydrogen) atoms. The van der Waals surface area contributed by atoms with E-state index in [1.54, 1.807) is 6.08 Å². The fourth-order valence-electron chi connectivity index (χ4n) is 1.68. The molecule has 0 unspecified atom stereocenters. The van der Waals surface area contributed by atoms with E-state index >= 15 is 0 Å². The topological polar surface area (TPSA) is 33.0 Å². The Balaban J connectivity index is 2.15. The van der Waals surface area contributed by atoms with Crippen LogP contribution in [0.1, 0.15) is 11.1 Å². The van der Waals surface area contributed by atoms with Crippen LogP contribution in [0, 0.1) is 11.3 Å². The van der Waals surface area contributed by atoms with Gasteiger partial charge >= 0.3 is 0 Å². The van der Waals surface area contributed by atoms with Crippen LogP contribution in [0.15, 0.2) is 51.4 Å². The van der Waals surface area contributed by atoms with Crippen LogP contribution in [-0.2, 0) is 6.61 Å². The SMILES string of the molecule is N#CC=Cc1cc(Br)c(OCc2ccc(Cl)cc2)c(Br)c1. The van der Waals surface area contributed by atoms with Gasteiger partial charge in [0.25, 0.3) is 0 Å². The van der Waals surface area contributed by atoms with E-state index in [0.717, 1.165) is 25.8 Å². The molecular formula is C16H10Br2ClNO. The van der Waals surface area contributed by atoms with Crippen LogP contribution in [0.2, 0.25) is 5.02 Å². The second kappa shape index (κ2) is 7.65. The lowest BCUT2D eigenvalue weighted by molar-refractivity contribution is 0.302. The number of hydrogen-bond acceptors (Lipinski definition) is 2. The van der Waals surface area contributed by atoms with E-state index in [4.69, 9.17) is 21.6 Å². The van der Waals surface area contributed by atoms with Crippen molar-refractivity contribution in [2.45, 2.75) is 6.61 Å². The van der Waals surface area contributed by atoms with E-state index in [2.05, 4.69) is 31.9 Å². The van der Waals surface area contributed by atoms with Gasteiger partial charge in [-0.1, -0.05) is 23.7 Å². The third kappa shape index (κ3) is 4.60. The smallest absolute Gasteiger partial charge is 0.148 e. The van der Waals surface area contributed by atoms with Crippen molar-refractivity contribution in [1.29, 1.82) is 5.26 Å². The Morgan fingerprint density at radius 1 is 1.14 bits per heavy atom. The summed E-state index contributed by atoms with van der Waals surface area (Å²) in [6.07, 6.45) is 3.17. The highest BCUT2D eigenvalue weighted by Gasteiger charge is 2.08. The first-order chi connectivity index (χ1) is 10.1. The van der Waals surface area contributed by atoms with Gasteiger partial charge in [-0.2, -0.15) is 5.26 Å². The van der Waals surface area contributed by atoms with Gasteiger partial charge in [-0.3, -0.25) is 0 Å². The summed E-state index contributed by atoms with van der Waals surface area (Å²) in [7, 11) is 0. The molecule has 0 amide bonds. The lowest BCUT2D eigenvalue weighted by Crippen LogP contribution is -1.97. The molecule has 0 aromatic heterocycles. The van der Waals surface area contributed by atoms with Crippen LogP contribution < -0.4 is 4.74 Å². The van der Waals surface area contributed by atoms with Crippen LogP contribution in [-0.4, -0.2) is 0 Å². The van der Waals surface area contributed by atoms with Gasteiger partial charge in [0.15, 0.2) is 0 Å². The molecule has 0 aliphatic carbocycles. The van der Waals surface area contributed by atoms with E-state index in [1.165, 1.54) is 6.08 Å². The molecule has 2 rings (SSSR count). The molecular weight excluding hydrogens is 417 g/mol. The van der Waals surface area contributed by atoms with E-state index in [0.29, 0.717) is 11.6 Å². The normalized spacial score (nSPS) is 10.6. The maximum absolute atomic E-state index is 8.56. The van der Waals surface area contributed by atoms with Gasteiger partial charge < -0.3 is 4.74 Å². The summed E-state index contributed by atoms with van der Waals surface area (Å²) < 4.78 is 7.47. The zero-order valence-corrected chi connectivity index (χ0v) is 14.7. The second-order valence-corrected chi connectivity index (χ2v) is 6.34. The first-order valence-corrected chi connectivity index (χ1v) is 7.99. The van der Waals surface area contributed by atoms with Gasteiger partial charge in [0.1, 0.15) is 12.4 Å². The summed E-state index contributed by atoms with van der Waals surface area (Å²) in [5, 5.41) is 9.26. The predicted molar refractivity (Wildman–Crippen MR) is 92.3 cm³/mol. The highest BCUT2D eigenvalue weighted by molar-refractivity contribution is 9.11. The van der Waals surface area contributed by atoms with Gasteiger partial charge in [-0.05, 0) is 73.3 Å².